The van der Waals surface area contributed by atoms with Crippen molar-refractivity contribution in [3.05, 3.63) is 83.9 Å². The van der Waals surface area contributed by atoms with Crippen molar-refractivity contribution in [3.8, 4) is 0 Å². The fraction of sp³-hybridized carbons (Fsp3) is 0.143. The predicted octanol–water partition coefficient (Wildman–Crippen LogP) is 3.21. The zero-order valence-electron chi connectivity index (χ0n) is 14.3. The van der Waals surface area contributed by atoms with Crippen LogP contribution in [-0.4, -0.2) is 18.4 Å². The van der Waals surface area contributed by atoms with E-state index in [4.69, 9.17) is 4.84 Å². The summed E-state index contributed by atoms with van der Waals surface area (Å²) in [6.45, 7) is 0.544. The van der Waals surface area contributed by atoms with Gasteiger partial charge >= 0.3 is 0 Å². The van der Waals surface area contributed by atoms with Gasteiger partial charge in [-0.2, -0.15) is 0 Å². The Morgan fingerprint density at radius 1 is 0.846 bits per heavy atom. The number of rotatable bonds is 7. The molecule has 0 fully saturated rings. The van der Waals surface area contributed by atoms with E-state index in [9.17, 15) is 9.59 Å². The molecule has 0 aliphatic rings. The van der Waals surface area contributed by atoms with E-state index in [2.05, 4.69) is 10.8 Å². The molecule has 132 valence electrons. The van der Waals surface area contributed by atoms with E-state index < -0.39 is 0 Å². The lowest BCUT2D eigenvalue weighted by Gasteiger charge is -2.08. The third-order valence-electron chi connectivity index (χ3n) is 3.92. The first-order chi connectivity index (χ1) is 12.7. The van der Waals surface area contributed by atoms with Crippen molar-refractivity contribution in [2.45, 2.75) is 13.0 Å². The zero-order valence-corrected chi connectivity index (χ0v) is 14.3. The second kappa shape index (κ2) is 8.78. The molecular formula is C21H20N2O3. The minimum absolute atomic E-state index is 0.147. The van der Waals surface area contributed by atoms with Crippen LogP contribution in [0.3, 0.4) is 0 Å². The topological polar surface area (TPSA) is 67.4 Å². The van der Waals surface area contributed by atoms with Gasteiger partial charge in [-0.1, -0.05) is 60.7 Å². The highest BCUT2D eigenvalue weighted by Crippen LogP contribution is 2.15. The number of carbonyl (C=O) groups excluding carboxylic acids is 2. The number of fused-ring (bicyclic) bond motifs is 1. The largest absolute Gasteiger partial charge is 0.352 e. The molecule has 0 unspecified atom stereocenters. The number of hydrogen-bond donors (Lipinski definition) is 2. The summed E-state index contributed by atoms with van der Waals surface area (Å²) in [4.78, 5) is 29.1. The summed E-state index contributed by atoms with van der Waals surface area (Å²) in [5.74, 6) is -0.478. The van der Waals surface area contributed by atoms with Crippen LogP contribution < -0.4 is 10.8 Å². The molecule has 2 amide bonds. The highest BCUT2D eigenvalue weighted by atomic mass is 16.6. The lowest BCUT2D eigenvalue weighted by atomic mass is 10.1. The molecule has 2 N–H and O–H groups in total. The molecule has 0 heterocycles. The van der Waals surface area contributed by atoms with E-state index in [0.29, 0.717) is 12.2 Å². The van der Waals surface area contributed by atoms with Crippen LogP contribution in [0.1, 0.15) is 22.3 Å². The maximum absolute atomic E-state index is 12.2. The minimum Gasteiger partial charge on any atom is -0.352 e. The number of nitrogens with one attached hydrogen (secondary N) is 2. The Kier molecular flexibility index (Phi) is 5.96. The molecule has 5 heteroatoms. The quantitative estimate of drug-likeness (QED) is 0.644. The van der Waals surface area contributed by atoms with Crippen LogP contribution in [0, 0.1) is 0 Å². The van der Waals surface area contributed by atoms with Crippen LogP contribution >= 0.6 is 0 Å². The second-order valence-electron chi connectivity index (χ2n) is 5.87. The number of carbonyl (C=O) groups is 2. The van der Waals surface area contributed by atoms with Gasteiger partial charge in [-0.3, -0.25) is 14.4 Å². The minimum atomic E-state index is -0.278. The number of hydroxylamine groups is 1. The van der Waals surface area contributed by atoms with Crippen molar-refractivity contribution in [1.29, 1.82) is 0 Å². The zero-order chi connectivity index (χ0) is 18.2. The summed E-state index contributed by atoms with van der Waals surface area (Å²) in [5.41, 5.74) is 3.92. The first-order valence-corrected chi connectivity index (χ1v) is 8.44. The van der Waals surface area contributed by atoms with E-state index in [1.807, 2.05) is 66.7 Å². The molecule has 5 nitrogen and oxygen atoms in total. The van der Waals surface area contributed by atoms with Crippen LogP contribution in [0.2, 0.25) is 0 Å². The Hall–Kier alpha value is -3.18. The Balaban J connectivity index is 1.40. The van der Waals surface area contributed by atoms with Gasteiger partial charge < -0.3 is 5.32 Å². The van der Waals surface area contributed by atoms with Gasteiger partial charge in [0.05, 0.1) is 6.61 Å². The van der Waals surface area contributed by atoms with Crippen LogP contribution in [0.15, 0.2) is 72.8 Å². The second-order valence-corrected chi connectivity index (χ2v) is 5.87. The predicted molar refractivity (Wildman–Crippen MR) is 100 cm³/mol. The molecule has 0 spiro atoms. The smallest absolute Gasteiger partial charge is 0.251 e. The maximum atomic E-state index is 12.2. The molecule has 0 saturated carbocycles. The van der Waals surface area contributed by atoms with Gasteiger partial charge in [-0.05, 0) is 28.5 Å². The monoisotopic (exact) mass is 348 g/mol. The van der Waals surface area contributed by atoms with E-state index in [1.165, 1.54) is 0 Å². The standard InChI is InChI=1S/C21H20N2O3/c24-20(23-26-15-16-6-2-1-3-7-16)12-13-22-21(25)19-11-10-17-8-4-5-9-18(17)14-19/h1-11,14H,12-13,15H2,(H,22,25)(H,23,24). The molecular weight excluding hydrogens is 328 g/mol. The van der Waals surface area contributed by atoms with Crippen LogP contribution in [0.25, 0.3) is 10.8 Å². The van der Waals surface area contributed by atoms with E-state index in [0.717, 1.165) is 16.3 Å². The van der Waals surface area contributed by atoms with Crippen LogP contribution in [0.5, 0.6) is 0 Å². The van der Waals surface area contributed by atoms with Gasteiger partial charge in [0, 0.05) is 18.5 Å². The fourth-order valence-corrected chi connectivity index (χ4v) is 2.55. The summed E-state index contributed by atoms with van der Waals surface area (Å²) in [6.07, 6.45) is 0.147. The molecule has 0 aromatic heterocycles. The van der Waals surface area contributed by atoms with Gasteiger partial charge in [-0.25, -0.2) is 5.48 Å². The summed E-state index contributed by atoms with van der Waals surface area (Å²) < 4.78 is 0. The number of amides is 2. The van der Waals surface area contributed by atoms with E-state index in [-0.39, 0.29) is 24.8 Å². The van der Waals surface area contributed by atoms with Crippen molar-refractivity contribution in [2.75, 3.05) is 6.54 Å². The van der Waals surface area contributed by atoms with Gasteiger partial charge in [0.2, 0.25) is 5.91 Å². The normalized spacial score (nSPS) is 10.5. The highest BCUT2D eigenvalue weighted by Gasteiger charge is 2.07. The van der Waals surface area contributed by atoms with Gasteiger partial charge in [-0.15, -0.1) is 0 Å². The first kappa shape index (κ1) is 17.6. The number of hydrogen-bond acceptors (Lipinski definition) is 3. The first-order valence-electron chi connectivity index (χ1n) is 8.44. The van der Waals surface area contributed by atoms with Crippen molar-refractivity contribution in [2.24, 2.45) is 0 Å². The molecule has 3 aromatic carbocycles. The summed E-state index contributed by atoms with van der Waals surface area (Å²) >= 11 is 0. The lowest BCUT2D eigenvalue weighted by Crippen LogP contribution is -2.30. The van der Waals surface area contributed by atoms with Crippen LogP contribution in [-0.2, 0) is 16.2 Å². The molecule has 0 radical (unpaired) electrons. The fourth-order valence-electron chi connectivity index (χ4n) is 2.55. The summed E-state index contributed by atoms with van der Waals surface area (Å²) in [7, 11) is 0. The Morgan fingerprint density at radius 2 is 1.58 bits per heavy atom. The molecule has 0 bridgehead atoms. The lowest BCUT2D eigenvalue weighted by molar-refractivity contribution is -0.134. The third-order valence-corrected chi connectivity index (χ3v) is 3.92. The van der Waals surface area contributed by atoms with Gasteiger partial charge in [0.1, 0.15) is 0 Å². The Morgan fingerprint density at radius 3 is 2.38 bits per heavy atom. The van der Waals surface area contributed by atoms with E-state index in [1.54, 1.807) is 6.07 Å². The highest BCUT2D eigenvalue weighted by molar-refractivity contribution is 5.98. The van der Waals surface area contributed by atoms with Crippen molar-refractivity contribution in [3.63, 3.8) is 0 Å². The SMILES string of the molecule is O=C(CCNC(=O)c1ccc2ccccc2c1)NOCc1ccccc1. The van der Waals surface area contributed by atoms with E-state index >= 15 is 0 Å². The average molecular weight is 348 g/mol. The molecule has 0 aliphatic heterocycles. The van der Waals surface area contributed by atoms with Crippen LogP contribution in [0.4, 0.5) is 0 Å². The van der Waals surface area contributed by atoms with Crippen molar-refractivity contribution < 1.29 is 14.4 Å². The number of benzene rings is 3. The molecule has 3 aromatic rings. The molecule has 3 rings (SSSR count). The summed E-state index contributed by atoms with van der Waals surface area (Å²) in [5, 5.41) is 4.84. The van der Waals surface area contributed by atoms with Crippen molar-refractivity contribution in [1.82, 2.24) is 10.8 Å². The summed E-state index contributed by atoms with van der Waals surface area (Å²) in [6, 6.07) is 22.9. The average Bonchev–Trinajstić information content (AvgIpc) is 2.68. The Bertz CT molecular complexity index is 894. The Labute approximate surface area is 151 Å². The third kappa shape index (κ3) is 4.91. The maximum Gasteiger partial charge on any atom is 0.251 e. The van der Waals surface area contributed by atoms with Crippen molar-refractivity contribution >= 4 is 22.6 Å². The van der Waals surface area contributed by atoms with Gasteiger partial charge in [0.15, 0.2) is 0 Å². The van der Waals surface area contributed by atoms with Gasteiger partial charge in [0.25, 0.3) is 5.91 Å². The molecule has 0 aliphatic carbocycles. The molecule has 26 heavy (non-hydrogen) atoms. The molecule has 0 saturated heterocycles. The molecule has 0 atom stereocenters.